The molecule has 212 valence electrons. The van der Waals surface area contributed by atoms with Crippen molar-refractivity contribution in [3.05, 3.63) is 83.9 Å². The fourth-order valence-corrected chi connectivity index (χ4v) is 4.66. The molecule has 3 amide bonds. The van der Waals surface area contributed by atoms with E-state index in [0.717, 1.165) is 21.9 Å². The minimum absolute atomic E-state index is 0.0365. The quantitative estimate of drug-likeness (QED) is 0.292. The Hall–Kier alpha value is -4.00. The van der Waals surface area contributed by atoms with Gasteiger partial charge in [-0.05, 0) is 62.4 Å². The van der Waals surface area contributed by atoms with Crippen molar-refractivity contribution < 1.29 is 19.2 Å². The molecule has 3 aromatic rings. The number of benzene rings is 3. The van der Waals surface area contributed by atoms with Crippen molar-refractivity contribution in [3.63, 3.8) is 0 Å². The van der Waals surface area contributed by atoms with Gasteiger partial charge in [-0.2, -0.15) is 0 Å². The number of amides is 3. The van der Waals surface area contributed by atoms with Crippen LogP contribution in [0.15, 0.2) is 72.8 Å². The molecule has 0 aliphatic carbocycles. The highest BCUT2D eigenvalue weighted by Gasteiger charge is 2.24. The number of hydrogen-bond donors (Lipinski definition) is 3. The molecule has 2 atom stereocenters. The van der Waals surface area contributed by atoms with Crippen LogP contribution in [0.4, 0.5) is 0 Å². The number of carbonyl (C=O) groups excluding carboxylic acids is 4. The Morgan fingerprint density at radius 3 is 2.08 bits per heavy atom. The highest BCUT2D eigenvalue weighted by atomic mass is 16.2. The maximum atomic E-state index is 12.9. The summed E-state index contributed by atoms with van der Waals surface area (Å²) in [6, 6.07) is 22.4. The molecule has 0 saturated carbocycles. The van der Waals surface area contributed by atoms with Gasteiger partial charge in [-0.1, -0.05) is 72.8 Å². The zero-order valence-corrected chi connectivity index (χ0v) is 24.0. The lowest BCUT2D eigenvalue weighted by atomic mass is 9.98. The van der Waals surface area contributed by atoms with Gasteiger partial charge in [0.05, 0.1) is 6.04 Å². The van der Waals surface area contributed by atoms with Gasteiger partial charge in [0.15, 0.2) is 5.78 Å². The number of fused-ring (bicyclic) bond motifs is 1. The summed E-state index contributed by atoms with van der Waals surface area (Å²) in [4.78, 5) is 51.1. The van der Waals surface area contributed by atoms with E-state index in [1.807, 2.05) is 93.6 Å². The van der Waals surface area contributed by atoms with Crippen LogP contribution in [-0.4, -0.2) is 41.1 Å². The Labute approximate surface area is 237 Å². The fourth-order valence-electron chi connectivity index (χ4n) is 4.66. The zero-order valence-electron chi connectivity index (χ0n) is 24.0. The Morgan fingerprint density at radius 2 is 1.35 bits per heavy atom. The van der Waals surface area contributed by atoms with E-state index in [1.54, 1.807) is 6.92 Å². The van der Waals surface area contributed by atoms with Gasteiger partial charge in [0, 0.05) is 37.3 Å². The van der Waals surface area contributed by atoms with E-state index in [0.29, 0.717) is 19.3 Å². The van der Waals surface area contributed by atoms with E-state index < -0.39 is 17.6 Å². The smallest absolute Gasteiger partial charge is 0.222 e. The molecular formula is C33H41N3O4. The van der Waals surface area contributed by atoms with Gasteiger partial charge in [-0.3, -0.25) is 19.2 Å². The molecule has 7 heteroatoms. The number of carbonyl (C=O) groups is 4. The number of hydrogen-bond acceptors (Lipinski definition) is 4. The van der Waals surface area contributed by atoms with Crippen molar-refractivity contribution in [3.8, 4) is 0 Å². The first-order chi connectivity index (χ1) is 19.0. The standard InChI is InChI=1S/C33H41N3O4/c1-23(29(37)19-18-26-15-10-14-25-13-8-9-16-28(25)26)34-31(39)21-27(22-32(40)36-33(2,3)4)35-30(38)20-17-24-11-6-5-7-12-24/h5-16,23,27H,17-22H2,1-4H3,(H,34,39)(H,35,38)(H,36,40)/t23-,27-/m0/s1. The van der Waals surface area contributed by atoms with Gasteiger partial charge < -0.3 is 16.0 Å². The van der Waals surface area contributed by atoms with Gasteiger partial charge in [-0.25, -0.2) is 0 Å². The Bertz CT molecular complexity index is 1310. The molecule has 7 nitrogen and oxygen atoms in total. The third-order valence-electron chi connectivity index (χ3n) is 6.61. The minimum Gasteiger partial charge on any atom is -0.352 e. The summed E-state index contributed by atoms with van der Waals surface area (Å²) >= 11 is 0. The van der Waals surface area contributed by atoms with Crippen LogP contribution in [0.2, 0.25) is 0 Å². The van der Waals surface area contributed by atoms with Crippen LogP contribution in [0.25, 0.3) is 10.8 Å². The highest BCUT2D eigenvalue weighted by molar-refractivity contribution is 5.91. The Kier molecular flexibility index (Phi) is 11.0. The predicted octanol–water partition coefficient (Wildman–Crippen LogP) is 4.66. The molecule has 0 bridgehead atoms. The van der Waals surface area contributed by atoms with E-state index in [2.05, 4.69) is 16.0 Å². The van der Waals surface area contributed by atoms with Crippen molar-refractivity contribution >= 4 is 34.3 Å². The maximum absolute atomic E-state index is 12.9. The molecule has 0 aliphatic rings. The average Bonchev–Trinajstić information content (AvgIpc) is 2.89. The molecule has 0 radical (unpaired) electrons. The molecule has 0 unspecified atom stereocenters. The van der Waals surface area contributed by atoms with Gasteiger partial charge >= 0.3 is 0 Å². The number of nitrogens with one attached hydrogen (secondary N) is 3. The van der Waals surface area contributed by atoms with Gasteiger partial charge in [0.2, 0.25) is 17.7 Å². The minimum atomic E-state index is -0.691. The van der Waals surface area contributed by atoms with Crippen molar-refractivity contribution in [1.29, 1.82) is 0 Å². The van der Waals surface area contributed by atoms with Crippen LogP contribution in [0, 0.1) is 0 Å². The highest BCUT2D eigenvalue weighted by Crippen LogP contribution is 2.20. The van der Waals surface area contributed by atoms with E-state index in [9.17, 15) is 19.2 Å². The maximum Gasteiger partial charge on any atom is 0.222 e. The zero-order chi connectivity index (χ0) is 29.1. The lowest BCUT2D eigenvalue weighted by molar-refractivity contribution is -0.129. The summed E-state index contributed by atoms with van der Waals surface area (Å²) in [5.74, 6) is -0.949. The third-order valence-corrected chi connectivity index (χ3v) is 6.61. The Morgan fingerprint density at radius 1 is 0.700 bits per heavy atom. The summed E-state index contributed by atoms with van der Waals surface area (Å²) in [6.45, 7) is 7.28. The summed E-state index contributed by atoms with van der Waals surface area (Å²) in [5, 5.41) is 10.7. The topological polar surface area (TPSA) is 104 Å². The fraction of sp³-hybridized carbons (Fsp3) is 0.394. The molecule has 40 heavy (non-hydrogen) atoms. The number of Topliss-reactive ketones (excluding diaryl/α,β-unsaturated/α-hetero) is 1. The van der Waals surface area contributed by atoms with Crippen LogP contribution < -0.4 is 16.0 Å². The molecule has 0 spiro atoms. The van der Waals surface area contributed by atoms with Crippen LogP contribution in [0.1, 0.15) is 64.5 Å². The second-order valence-electron chi connectivity index (χ2n) is 11.4. The lowest BCUT2D eigenvalue weighted by Gasteiger charge is -2.24. The summed E-state index contributed by atoms with van der Waals surface area (Å²) in [5.41, 5.74) is 1.69. The predicted molar refractivity (Wildman–Crippen MR) is 159 cm³/mol. The number of aryl methyl sites for hydroxylation is 2. The molecule has 3 aromatic carbocycles. The van der Waals surface area contributed by atoms with E-state index >= 15 is 0 Å². The number of ketones is 1. The lowest BCUT2D eigenvalue weighted by Crippen LogP contribution is -2.47. The normalized spacial score (nSPS) is 12.8. The molecule has 0 saturated heterocycles. The van der Waals surface area contributed by atoms with Crippen molar-refractivity contribution in [2.24, 2.45) is 0 Å². The third kappa shape index (κ3) is 10.3. The average molecular weight is 544 g/mol. The first-order valence-corrected chi connectivity index (χ1v) is 13.9. The van der Waals surface area contributed by atoms with E-state index in [1.165, 1.54) is 0 Å². The molecule has 0 fully saturated rings. The van der Waals surface area contributed by atoms with Crippen LogP contribution in [-0.2, 0) is 32.0 Å². The molecule has 0 aromatic heterocycles. The SMILES string of the molecule is C[C@H](NC(=O)C[C@@H](CC(=O)NC(C)(C)C)NC(=O)CCc1ccccc1)C(=O)CCc1cccc2ccccc12. The van der Waals surface area contributed by atoms with Crippen molar-refractivity contribution in [2.45, 2.75) is 83.8 Å². The van der Waals surface area contributed by atoms with Crippen LogP contribution in [0.3, 0.4) is 0 Å². The Balaban J connectivity index is 1.55. The first-order valence-electron chi connectivity index (χ1n) is 13.9. The van der Waals surface area contributed by atoms with Gasteiger partial charge in [0.1, 0.15) is 0 Å². The first kappa shape index (κ1) is 30.5. The summed E-state index contributed by atoms with van der Waals surface area (Å²) in [7, 11) is 0. The second kappa shape index (κ2) is 14.4. The van der Waals surface area contributed by atoms with Crippen LogP contribution in [0.5, 0.6) is 0 Å². The van der Waals surface area contributed by atoms with Crippen molar-refractivity contribution in [2.75, 3.05) is 0 Å². The molecule has 0 heterocycles. The monoisotopic (exact) mass is 543 g/mol. The van der Waals surface area contributed by atoms with E-state index in [-0.39, 0.29) is 42.8 Å². The van der Waals surface area contributed by atoms with Crippen molar-refractivity contribution in [1.82, 2.24) is 16.0 Å². The molecular weight excluding hydrogens is 502 g/mol. The van der Waals surface area contributed by atoms with Gasteiger partial charge in [-0.15, -0.1) is 0 Å². The largest absolute Gasteiger partial charge is 0.352 e. The molecule has 0 aliphatic heterocycles. The summed E-state index contributed by atoms with van der Waals surface area (Å²) < 4.78 is 0. The summed E-state index contributed by atoms with van der Waals surface area (Å²) in [6.07, 6.45) is 1.53. The number of rotatable bonds is 13. The van der Waals surface area contributed by atoms with Crippen LogP contribution >= 0.6 is 0 Å². The molecule has 3 N–H and O–H groups in total. The second-order valence-corrected chi connectivity index (χ2v) is 11.4. The molecule has 3 rings (SSSR count). The van der Waals surface area contributed by atoms with E-state index in [4.69, 9.17) is 0 Å². The van der Waals surface area contributed by atoms with Gasteiger partial charge in [0.25, 0.3) is 0 Å².